The number of esters is 1. The van der Waals surface area contributed by atoms with Crippen LogP contribution in [0.25, 0.3) is 0 Å². The molecule has 3 N–H and O–H groups in total. The predicted octanol–water partition coefficient (Wildman–Crippen LogP) is 7.46. The lowest BCUT2D eigenvalue weighted by molar-refractivity contribution is -0.154. The molecule has 0 heterocycles. The third kappa shape index (κ3) is 6.12. The minimum absolute atomic E-state index is 0. The number of nitrogens with two attached hydrogens (primary N) is 1. The van der Waals surface area contributed by atoms with E-state index >= 15 is 0 Å². The second-order valence-electron chi connectivity index (χ2n) is 14.7. The van der Waals surface area contributed by atoms with Crippen LogP contribution in [0.3, 0.4) is 0 Å². The van der Waals surface area contributed by atoms with Crippen molar-refractivity contribution in [2.24, 2.45) is 52.1 Å². The molecule has 4 nitrogen and oxygen atoms in total. The molecular weight excluding hydrogens is 482 g/mol. The summed E-state index contributed by atoms with van der Waals surface area (Å²) in [7, 11) is 0. The zero-order chi connectivity index (χ0) is 26.5. The lowest BCUT2D eigenvalue weighted by atomic mass is 9.47. The van der Waals surface area contributed by atoms with Gasteiger partial charge in [0.15, 0.2) is 0 Å². The van der Waals surface area contributed by atoms with E-state index in [1.807, 2.05) is 27.7 Å². The highest BCUT2D eigenvalue weighted by molar-refractivity contribution is 5.85. The van der Waals surface area contributed by atoms with Crippen LogP contribution in [0.15, 0.2) is 11.6 Å². The molecule has 9 atom stereocenters. The van der Waals surface area contributed by atoms with Crippen molar-refractivity contribution in [3.05, 3.63) is 11.6 Å². The van der Waals surface area contributed by atoms with Crippen LogP contribution in [-0.2, 0) is 9.53 Å². The maximum absolute atomic E-state index is 12.5. The fourth-order valence-electron chi connectivity index (χ4n) is 9.28. The number of ether oxygens (including phenoxy) is 1. The third-order valence-corrected chi connectivity index (χ3v) is 11.5. The van der Waals surface area contributed by atoms with Gasteiger partial charge >= 0.3 is 5.97 Å². The van der Waals surface area contributed by atoms with Gasteiger partial charge in [0.2, 0.25) is 0 Å². The molecule has 0 aromatic rings. The summed E-state index contributed by atoms with van der Waals surface area (Å²) in [6.07, 6.45) is 15.5. The molecule has 5 heteroatoms. The Morgan fingerprint density at radius 3 is 2.49 bits per heavy atom. The molecule has 0 amide bonds. The average Bonchev–Trinajstić information content (AvgIpc) is 3.15. The van der Waals surface area contributed by atoms with Crippen molar-refractivity contribution in [3.63, 3.8) is 0 Å². The van der Waals surface area contributed by atoms with Crippen LogP contribution >= 0.6 is 12.4 Å². The van der Waals surface area contributed by atoms with Gasteiger partial charge in [0, 0.05) is 6.42 Å². The Balaban J connectivity index is 0.00000380. The predicted molar refractivity (Wildman–Crippen MR) is 154 cm³/mol. The maximum atomic E-state index is 12.5. The highest BCUT2D eigenvalue weighted by Crippen LogP contribution is 2.67. The number of allylic oxidation sites excluding steroid dienone is 1. The van der Waals surface area contributed by atoms with Gasteiger partial charge in [-0.3, -0.25) is 4.79 Å². The van der Waals surface area contributed by atoms with E-state index in [0.717, 1.165) is 61.7 Å². The molecule has 3 fully saturated rings. The van der Waals surface area contributed by atoms with Crippen molar-refractivity contribution in [1.29, 1.82) is 0 Å². The molecule has 37 heavy (non-hydrogen) atoms. The molecule has 0 aromatic heterocycles. The van der Waals surface area contributed by atoms with Gasteiger partial charge in [-0.25, -0.2) is 0 Å². The van der Waals surface area contributed by atoms with E-state index in [0.29, 0.717) is 5.41 Å². The molecular formula is C32H56ClNO3. The van der Waals surface area contributed by atoms with E-state index in [-0.39, 0.29) is 35.8 Å². The van der Waals surface area contributed by atoms with E-state index in [1.54, 1.807) is 5.57 Å². The van der Waals surface area contributed by atoms with E-state index in [2.05, 4.69) is 26.8 Å². The first kappa shape index (κ1) is 31.0. The molecule has 4 rings (SSSR count). The van der Waals surface area contributed by atoms with Crippen molar-refractivity contribution in [1.82, 2.24) is 0 Å². The summed E-state index contributed by atoms with van der Waals surface area (Å²) in [5.41, 5.74) is 7.82. The van der Waals surface area contributed by atoms with Gasteiger partial charge in [0.25, 0.3) is 0 Å². The normalized spacial score (nSPS) is 39.0. The van der Waals surface area contributed by atoms with E-state index in [9.17, 15) is 9.90 Å². The molecule has 4 aliphatic carbocycles. The first-order valence-corrected chi connectivity index (χ1v) is 15.1. The molecule has 4 aliphatic rings. The Morgan fingerprint density at radius 1 is 1.14 bits per heavy atom. The third-order valence-electron chi connectivity index (χ3n) is 11.5. The summed E-state index contributed by atoms with van der Waals surface area (Å²) in [4.78, 5) is 12.5. The topological polar surface area (TPSA) is 72.6 Å². The zero-order valence-electron chi connectivity index (χ0n) is 24.7. The Morgan fingerprint density at radius 2 is 1.84 bits per heavy atom. The van der Waals surface area contributed by atoms with Crippen molar-refractivity contribution in [3.8, 4) is 0 Å². The maximum Gasteiger partial charge on any atom is 0.323 e. The van der Waals surface area contributed by atoms with E-state index in [1.165, 1.54) is 38.5 Å². The number of carbonyl (C=O) groups excluding carboxylic acids is 1. The minimum Gasteiger partial charge on any atom is -0.461 e. The summed E-state index contributed by atoms with van der Waals surface area (Å²) in [6, 6.07) is -0.521. The van der Waals surface area contributed by atoms with Gasteiger partial charge in [-0.05, 0) is 112 Å². The summed E-state index contributed by atoms with van der Waals surface area (Å²) >= 11 is 0. The Hall–Kier alpha value is -0.580. The highest BCUT2D eigenvalue weighted by atomic mass is 35.5. The van der Waals surface area contributed by atoms with Gasteiger partial charge in [0.1, 0.15) is 12.1 Å². The van der Waals surface area contributed by atoms with Crippen LogP contribution in [-0.4, -0.2) is 28.8 Å². The number of fused-ring (bicyclic) bond motifs is 5. The second kappa shape index (κ2) is 11.5. The zero-order valence-corrected chi connectivity index (χ0v) is 25.5. The summed E-state index contributed by atoms with van der Waals surface area (Å²) in [6.45, 7) is 15.5. The van der Waals surface area contributed by atoms with Crippen molar-refractivity contribution >= 4 is 18.4 Å². The van der Waals surface area contributed by atoms with Crippen molar-refractivity contribution < 1.29 is 14.6 Å². The quantitative estimate of drug-likeness (QED) is 0.249. The molecule has 2 unspecified atom stereocenters. The van der Waals surface area contributed by atoms with E-state index in [4.69, 9.17) is 10.5 Å². The van der Waals surface area contributed by atoms with Gasteiger partial charge in [0.05, 0.1) is 5.60 Å². The van der Waals surface area contributed by atoms with E-state index < -0.39 is 11.6 Å². The minimum atomic E-state index is -0.542. The number of hydrogen-bond acceptors (Lipinski definition) is 4. The molecule has 0 spiro atoms. The molecule has 0 aliphatic heterocycles. The van der Waals surface area contributed by atoms with Gasteiger partial charge in [-0.1, -0.05) is 59.1 Å². The first-order chi connectivity index (χ1) is 16.8. The van der Waals surface area contributed by atoms with Crippen LogP contribution in [0.1, 0.15) is 119 Å². The van der Waals surface area contributed by atoms with Gasteiger partial charge < -0.3 is 15.6 Å². The van der Waals surface area contributed by atoms with Gasteiger partial charge in [-0.15, -0.1) is 12.4 Å². The van der Waals surface area contributed by atoms with Crippen molar-refractivity contribution in [2.75, 3.05) is 0 Å². The fourth-order valence-corrected chi connectivity index (χ4v) is 9.28. The summed E-state index contributed by atoms with van der Waals surface area (Å²) in [5.74, 6) is 3.86. The van der Waals surface area contributed by atoms with Crippen molar-refractivity contribution in [2.45, 2.75) is 137 Å². The Bertz CT molecular complexity index is 834. The number of carbonyl (C=O) groups is 1. The molecule has 0 radical (unpaired) electrons. The lowest BCUT2D eigenvalue weighted by Gasteiger charge is -2.58. The van der Waals surface area contributed by atoms with Crippen LogP contribution in [0, 0.1) is 46.3 Å². The standard InChI is InChI=1S/C32H55NO3.ClH/c1-20(2)28(33)29(34)36-23-14-17-31(6)22(19-23)10-11-24-26-13-12-25(32(26,7)18-15-27(24)31)21(3)9-8-16-30(4,5)35;/h10,20-21,23-28,35H,8-9,11-19,33H2,1-7H3;1H/t21?,23-,24-,25+,26-,27-,28?,31-,32+;/m0./s1. The van der Waals surface area contributed by atoms with Crippen LogP contribution in [0.4, 0.5) is 0 Å². The monoisotopic (exact) mass is 537 g/mol. The molecule has 0 bridgehead atoms. The molecule has 0 saturated heterocycles. The number of halogens is 1. The number of hydrogen-bond donors (Lipinski definition) is 2. The summed E-state index contributed by atoms with van der Waals surface area (Å²) in [5, 5.41) is 10.2. The van der Waals surface area contributed by atoms with Crippen LogP contribution in [0.5, 0.6) is 0 Å². The highest BCUT2D eigenvalue weighted by Gasteiger charge is 2.59. The van der Waals surface area contributed by atoms with Gasteiger partial charge in [-0.2, -0.15) is 0 Å². The lowest BCUT2D eigenvalue weighted by Crippen LogP contribution is -2.51. The first-order valence-electron chi connectivity index (χ1n) is 15.1. The largest absolute Gasteiger partial charge is 0.461 e. The Labute approximate surface area is 233 Å². The SMILES string of the molecule is CC(C)C(N)C(=O)O[C@H]1CC[C@@]2(C)C(=CC[C@H]3[C@@H]4CC[C@H](C(C)CCCC(C)(C)O)[C@@]4(C)CC[C@@H]32)C1.Cl. The Kier molecular flexibility index (Phi) is 9.62. The average molecular weight is 538 g/mol. The second-order valence-corrected chi connectivity index (χ2v) is 14.7. The molecule has 0 aromatic carbocycles. The van der Waals surface area contributed by atoms with Crippen LogP contribution < -0.4 is 5.73 Å². The number of rotatable bonds is 8. The molecule has 214 valence electrons. The molecule has 3 saturated carbocycles. The smallest absolute Gasteiger partial charge is 0.323 e. The fraction of sp³-hybridized carbons (Fsp3) is 0.906. The number of aliphatic hydroxyl groups is 1. The van der Waals surface area contributed by atoms with Crippen LogP contribution in [0.2, 0.25) is 0 Å². The summed E-state index contributed by atoms with van der Waals surface area (Å²) < 4.78 is 5.90.